The molecule has 0 saturated heterocycles. The molecule has 2 heteroatoms. The molecule has 0 aromatic heterocycles. The molecule has 2 aliphatic rings. The fourth-order valence-corrected chi connectivity index (χ4v) is 1.77. The summed E-state index contributed by atoms with van der Waals surface area (Å²) in [6.07, 6.45) is 27.8. The topological polar surface area (TPSA) is 20.2 Å². The van der Waals surface area contributed by atoms with Crippen molar-refractivity contribution < 1.29 is 31.3 Å². The van der Waals surface area contributed by atoms with E-state index in [2.05, 4.69) is 13.8 Å². The molecule has 0 aromatic carbocycles. The van der Waals surface area contributed by atoms with Crippen molar-refractivity contribution in [3.63, 3.8) is 0 Å². The van der Waals surface area contributed by atoms with Crippen molar-refractivity contribution in [2.45, 2.75) is 58.0 Å². The molecule has 0 aliphatic heterocycles. The van der Waals surface area contributed by atoms with E-state index in [0.717, 1.165) is 12.8 Å². The van der Waals surface area contributed by atoms with Crippen molar-refractivity contribution in [3.05, 3.63) is 71.1 Å². The van der Waals surface area contributed by atoms with Gasteiger partial charge < -0.3 is 12.0 Å². The van der Waals surface area contributed by atoms with Crippen LogP contribution in [0, 0.1) is 71.1 Å². The maximum Gasteiger partial charge on any atom is 0.0269 e. The largest absolute Gasteiger partial charge is 0.396 e. The molecule has 1 nitrogen and oxygen atoms in total. The summed E-state index contributed by atoms with van der Waals surface area (Å²) in [5, 5.41) is 9.15. The molecule has 22 heavy (non-hydrogen) atoms. The summed E-state index contributed by atoms with van der Waals surface area (Å²) in [7, 11) is 0. The maximum absolute atomic E-state index is 9.15. The van der Waals surface area contributed by atoms with Crippen LogP contribution in [0.5, 0.6) is 0 Å². The average Bonchev–Trinajstić information content (AvgIpc) is 3.23. The van der Waals surface area contributed by atoms with Gasteiger partial charge in [0.2, 0.25) is 0 Å². The first-order chi connectivity index (χ1) is 10.3. The second kappa shape index (κ2) is 21.8. The van der Waals surface area contributed by atoms with Gasteiger partial charge in [-0.2, -0.15) is 6.42 Å². The van der Waals surface area contributed by atoms with E-state index in [0.29, 0.717) is 6.42 Å². The van der Waals surface area contributed by atoms with Gasteiger partial charge in [0.15, 0.2) is 0 Å². The van der Waals surface area contributed by atoms with Crippen LogP contribution in [0.2, 0.25) is 0 Å². The Morgan fingerprint density at radius 3 is 1.41 bits per heavy atom. The number of aliphatic hydroxyl groups is 1. The van der Waals surface area contributed by atoms with Gasteiger partial charge in [-0.15, -0.1) is 0 Å². The van der Waals surface area contributed by atoms with Gasteiger partial charge in [0.1, 0.15) is 0 Å². The van der Waals surface area contributed by atoms with Gasteiger partial charge in [-0.3, -0.25) is 0 Å². The Morgan fingerprint density at radius 2 is 1.09 bits per heavy atom. The van der Waals surface area contributed by atoms with E-state index < -0.39 is 0 Å². The Morgan fingerprint density at radius 1 is 0.727 bits per heavy atom. The quantitative estimate of drug-likeness (QED) is 0.490. The zero-order valence-electron chi connectivity index (χ0n) is 14.0. The van der Waals surface area contributed by atoms with Crippen LogP contribution >= 0.6 is 0 Å². The van der Waals surface area contributed by atoms with Crippen LogP contribution in [0.4, 0.5) is 0 Å². The molecule has 1 atom stereocenters. The Bertz CT molecular complexity index is 151. The Balaban J connectivity index is 0. The molecule has 0 bridgehead atoms. The monoisotopic (exact) mass is 377 g/mol. The van der Waals surface area contributed by atoms with E-state index in [4.69, 9.17) is 5.11 Å². The standard InChI is InChI=1S/C10H21O.2C5H5.Zr/c1-3-5-6-7-8-9-10(11)4-2;2*1-2-4-5-3-1;/h10-11H,2-9H2,1H3;2*1-5H;/q-1;;;. The van der Waals surface area contributed by atoms with Crippen LogP contribution in [0.1, 0.15) is 51.9 Å². The third kappa shape index (κ3) is 20.8. The molecule has 0 amide bonds. The molecule has 1 unspecified atom stereocenters. The molecule has 122 valence electrons. The van der Waals surface area contributed by atoms with Crippen molar-refractivity contribution in [3.8, 4) is 0 Å². The molecule has 2 saturated carbocycles. The minimum Gasteiger partial charge on any atom is -0.396 e. The second-order valence-corrected chi connectivity index (χ2v) is 5.07. The van der Waals surface area contributed by atoms with E-state index >= 15 is 0 Å². The summed E-state index contributed by atoms with van der Waals surface area (Å²) in [6, 6.07) is 0. The molecule has 2 fully saturated rings. The summed E-state index contributed by atoms with van der Waals surface area (Å²) in [5.74, 6) is 0. The van der Waals surface area contributed by atoms with Crippen molar-refractivity contribution in [2.75, 3.05) is 0 Å². The zero-order chi connectivity index (χ0) is 15.6. The molecule has 0 aromatic rings. The molecule has 1 N–H and O–H groups in total. The second-order valence-electron chi connectivity index (χ2n) is 5.07. The summed E-state index contributed by atoms with van der Waals surface area (Å²) >= 11 is 0. The van der Waals surface area contributed by atoms with Crippen LogP contribution in [-0.2, 0) is 26.2 Å². The summed E-state index contributed by atoms with van der Waals surface area (Å²) < 4.78 is 0. The maximum atomic E-state index is 9.15. The summed E-state index contributed by atoms with van der Waals surface area (Å²) in [5.41, 5.74) is 0. The Kier molecular flexibility index (Phi) is 24.9. The molecule has 2 aliphatic carbocycles. The van der Waals surface area contributed by atoms with Crippen LogP contribution in [0.25, 0.3) is 0 Å². The molecular weight excluding hydrogens is 347 g/mol. The fraction of sp³-hybridized carbons (Fsp3) is 0.450. The van der Waals surface area contributed by atoms with Crippen molar-refractivity contribution in [1.29, 1.82) is 0 Å². The van der Waals surface area contributed by atoms with Crippen molar-refractivity contribution in [1.82, 2.24) is 0 Å². The third-order valence-electron chi connectivity index (χ3n) is 3.09. The summed E-state index contributed by atoms with van der Waals surface area (Å²) in [6.45, 7) is 5.86. The average molecular weight is 379 g/mol. The van der Waals surface area contributed by atoms with Gasteiger partial charge in [0, 0.05) is 32.3 Å². The summed E-state index contributed by atoms with van der Waals surface area (Å²) in [4.78, 5) is 0. The Hall–Kier alpha value is 0.843. The smallest absolute Gasteiger partial charge is 0.0269 e. The minimum absolute atomic E-state index is 0. The van der Waals surface area contributed by atoms with Gasteiger partial charge >= 0.3 is 0 Å². The van der Waals surface area contributed by atoms with Crippen LogP contribution in [0.3, 0.4) is 0 Å². The van der Waals surface area contributed by atoms with Crippen molar-refractivity contribution >= 4 is 0 Å². The van der Waals surface area contributed by atoms with E-state index in [1.54, 1.807) is 0 Å². The van der Waals surface area contributed by atoms with E-state index in [-0.39, 0.29) is 32.3 Å². The first-order valence-electron chi connectivity index (χ1n) is 8.12. The molecular formula is C20H31OZr-. The molecule has 10 radical (unpaired) electrons. The van der Waals surface area contributed by atoms with Gasteiger partial charge in [-0.1, -0.05) is 39.0 Å². The first-order valence-corrected chi connectivity index (χ1v) is 8.12. The number of unbranched alkanes of at least 4 members (excludes halogenated alkanes) is 4. The predicted molar refractivity (Wildman–Crippen MR) is 92.4 cm³/mol. The molecule has 2 rings (SSSR count). The van der Waals surface area contributed by atoms with Gasteiger partial charge in [-0.05, 0) is 70.6 Å². The molecule has 0 spiro atoms. The Labute approximate surface area is 160 Å². The van der Waals surface area contributed by atoms with Crippen LogP contribution in [0.15, 0.2) is 0 Å². The SMILES string of the molecule is [CH2-]CC(O)CCCCCCC.[CH]1[CH][CH][CH][CH]1.[CH]1[CH][CH][CH][CH]1.[Zr]. The van der Waals surface area contributed by atoms with Gasteiger partial charge in [0.25, 0.3) is 0 Å². The number of aliphatic hydroxyl groups excluding tert-OH is 1. The zero-order valence-corrected chi connectivity index (χ0v) is 16.4. The van der Waals surface area contributed by atoms with Crippen LogP contribution < -0.4 is 0 Å². The van der Waals surface area contributed by atoms with Crippen molar-refractivity contribution in [2.24, 2.45) is 0 Å². The van der Waals surface area contributed by atoms with E-state index in [1.165, 1.54) is 25.7 Å². The number of rotatable bonds is 7. The van der Waals surface area contributed by atoms with E-state index in [1.807, 2.05) is 64.2 Å². The minimum atomic E-state index is -0.156. The van der Waals surface area contributed by atoms with Gasteiger partial charge in [0.05, 0.1) is 0 Å². The van der Waals surface area contributed by atoms with E-state index in [9.17, 15) is 0 Å². The predicted octanol–water partition coefficient (Wildman–Crippen LogP) is 4.97. The van der Waals surface area contributed by atoms with Gasteiger partial charge in [-0.25, -0.2) is 0 Å². The number of hydrogen-bond donors (Lipinski definition) is 1. The molecule has 0 heterocycles. The third-order valence-corrected chi connectivity index (χ3v) is 3.09. The normalized spacial score (nSPS) is 17.6. The number of hydrogen-bond acceptors (Lipinski definition) is 1. The fourth-order valence-electron chi connectivity index (χ4n) is 1.77. The van der Waals surface area contributed by atoms with Crippen LogP contribution in [-0.4, -0.2) is 11.2 Å². The first kappa shape index (κ1) is 25.1.